The molecule has 1 aromatic heterocycles. The molecule has 3 aromatic carbocycles. The number of hydrogen-bond donors (Lipinski definition) is 6. The summed E-state index contributed by atoms with van der Waals surface area (Å²) in [4.78, 5) is 63.7. The van der Waals surface area contributed by atoms with E-state index in [0.717, 1.165) is 0 Å². The highest BCUT2D eigenvalue weighted by atomic mass is 16.7. The van der Waals surface area contributed by atoms with Crippen molar-refractivity contribution in [1.82, 2.24) is 9.88 Å². The largest absolute Gasteiger partial charge is 0.507 e. The van der Waals surface area contributed by atoms with Gasteiger partial charge in [-0.05, 0) is 39.7 Å². The van der Waals surface area contributed by atoms with Gasteiger partial charge in [0.15, 0.2) is 22.4 Å². The number of aromatic hydroxyl groups is 1. The highest BCUT2D eigenvalue weighted by Crippen LogP contribution is 2.42. The highest BCUT2D eigenvalue weighted by Gasteiger charge is 2.44. The number of carbonyl (C=O) groups excluding carboxylic acids is 2. The molecule has 360 valence electrons. The van der Waals surface area contributed by atoms with E-state index in [9.17, 15) is 44.7 Å². The monoisotopic (exact) mass is 926 g/mol. The SMILES string of the molecule is CO[C@H]1/C=C/O[C@@]2(C)Oc3c(C)c(O)c4c(=O)c(c5oc6cc(N7CCC(C)(N(C)C(C)=O)CC7)cc(=O)c6nc5c4c3=C2O)NC(=O)/C(C)=C\C=C\[C@H](C)[C@H](O)[C@@H](C)[C@@H](O)[C@@H](C)[C@H](O)[C@@H]1C. The molecule has 2 amide bonds. The van der Waals surface area contributed by atoms with E-state index >= 15 is 0 Å². The molecule has 0 aliphatic carbocycles. The lowest BCUT2D eigenvalue weighted by atomic mass is 9.78. The molecular formula is C50H62N4O13. The first-order valence-electron chi connectivity index (χ1n) is 22.6. The molecule has 17 heteroatoms. The third kappa shape index (κ3) is 8.51. The van der Waals surface area contributed by atoms with Crippen LogP contribution in [0.3, 0.4) is 0 Å². The molecule has 67 heavy (non-hydrogen) atoms. The van der Waals surface area contributed by atoms with Gasteiger partial charge in [-0.15, -0.1) is 0 Å². The zero-order valence-electron chi connectivity index (χ0n) is 39.8. The van der Waals surface area contributed by atoms with E-state index in [1.54, 1.807) is 57.9 Å². The number of nitrogens with one attached hydrogen (secondary N) is 1. The number of benzene rings is 3. The number of fused-ring (bicyclic) bond motifs is 2. The Balaban J connectivity index is 1.46. The Bertz CT molecular complexity index is 2920. The first-order chi connectivity index (χ1) is 31.5. The van der Waals surface area contributed by atoms with Crippen molar-refractivity contribution in [2.45, 2.75) is 111 Å². The molecule has 3 aliphatic heterocycles. The van der Waals surface area contributed by atoms with Crippen LogP contribution in [-0.2, 0) is 19.1 Å². The second kappa shape index (κ2) is 18.2. The van der Waals surface area contributed by atoms with E-state index in [0.29, 0.717) is 31.6 Å². The smallest absolute Gasteiger partial charge is 0.307 e. The number of phenolic OH excluding ortho intramolecular Hbond substituents is 1. The fourth-order valence-corrected chi connectivity index (χ4v) is 9.63. The van der Waals surface area contributed by atoms with Crippen molar-refractivity contribution >= 4 is 61.9 Å². The zero-order valence-corrected chi connectivity index (χ0v) is 39.8. The molecule has 4 heterocycles. The summed E-state index contributed by atoms with van der Waals surface area (Å²) < 4.78 is 24.5. The van der Waals surface area contributed by atoms with Crippen LogP contribution < -0.4 is 31.0 Å². The fourth-order valence-electron chi connectivity index (χ4n) is 9.63. The molecule has 4 aromatic rings. The van der Waals surface area contributed by atoms with Crippen LogP contribution in [-0.4, -0.2) is 110 Å². The minimum Gasteiger partial charge on any atom is -0.507 e. The van der Waals surface area contributed by atoms with Crippen LogP contribution in [0.4, 0.5) is 11.4 Å². The molecule has 7 rings (SSSR count). The molecule has 0 unspecified atom stereocenters. The summed E-state index contributed by atoms with van der Waals surface area (Å²) in [5.41, 5.74) is -2.06. The van der Waals surface area contributed by atoms with Crippen molar-refractivity contribution in [3.05, 3.63) is 79.5 Å². The Morgan fingerprint density at radius 3 is 2.21 bits per heavy atom. The number of piperidine rings is 1. The fraction of sp³-hybridized carbons (Fsp3) is 0.500. The van der Waals surface area contributed by atoms with Gasteiger partial charge in [-0.25, -0.2) is 4.98 Å². The number of amides is 2. The quantitative estimate of drug-likeness (QED) is 0.119. The number of allylic oxidation sites excluding steroid dienone is 2. The standard InChI is InChI=1S/C50H62N4O13/c1-23-13-12-14-24(2)48(63)52-39-44(61)35-34(38-46(39)66-33-22-30(21-31(56)37(33)51-38)54-18-16-49(8,17-19-54)53(10)29(7)55)36-45(28(6)43(35)60)67-50(9,47(36)62)65-20-15-32(64-11)25(3)41(58)27(5)42(59)26(4)40(23)57/h12-15,20-23,25-27,32,40-42,57-60,62H,16-19H2,1-11H3,(H,52,63)/b13-12+,20-15+,24-14-/t23-,25+,26+,27-,32-,40-,41+,42+,50-/m0/s1. The molecule has 4 bridgehead atoms. The number of ether oxygens (including phenoxy) is 3. The Hall–Kier alpha value is -6.01. The Kier molecular flexibility index (Phi) is 13.3. The van der Waals surface area contributed by atoms with E-state index < -0.39 is 93.4 Å². The van der Waals surface area contributed by atoms with E-state index in [1.807, 2.05) is 11.8 Å². The number of rotatable bonds is 3. The van der Waals surface area contributed by atoms with Crippen LogP contribution in [0.1, 0.15) is 73.8 Å². The first kappa shape index (κ1) is 48.9. The summed E-state index contributed by atoms with van der Waals surface area (Å²) >= 11 is 0. The van der Waals surface area contributed by atoms with Gasteiger partial charge < -0.3 is 59.3 Å². The summed E-state index contributed by atoms with van der Waals surface area (Å²) in [5.74, 6) is -6.41. The number of carbonyl (C=O) groups is 2. The average Bonchev–Trinajstić information content (AvgIpc) is 3.56. The third-order valence-corrected chi connectivity index (χ3v) is 14.6. The summed E-state index contributed by atoms with van der Waals surface area (Å²) in [5, 5.41) is 60.2. The number of phenols is 1. The minimum absolute atomic E-state index is 0.00846. The number of hydrogen-bond acceptors (Lipinski definition) is 15. The van der Waals surface area contributed by atoms with E-state index in [4.69, 9.17) is 23.6 Å². The van der Waals surface area contributed by atoms with Crippen LogP contribution >= 0.6 is 0 Å². The lowest BCUT2D eigenvalue weighted by Crippen LogP contribution is -2.53. The molecule has 9 atom stereocenters. The van der Waals surface area contributed by atoms with Crippen molar-refractivity contribution in [2.75, 3.05) is 37.5 Å². The first-order valence-corrected chi connectivity index (χ1v) is 22.6. The van der Waals surface area contributed by atoms with E-state index in [-0.39, 0.29) is 61.0 Å². The molecule has 17 nitrogen and oxygen atoms in total. The van der Waals surface area contributed by atoms with Crippen molar-refractivity contribution in [2.24, 2.45) is 23.7 Å². The zero-order chi connectivity index (χ0) is 49.2. The van der Waals surface area contributed by atoms with Gasteiger partial charge in [-0.1, -0.05) is 45.9 Å². The van der Waals surface area contributed by atoms with Gasteiger partial charge in [0.05, 0.1) is 41.3 Å². The van der Waals surface area contributed by atoms with Crippen molar-refractivity contribution in [3.8, 4) is 11.5 Å². The van der Waals surface area contributed by atoms with Gasteiger partial charge in [0.25, 0.3) is 5.91 Å². The minimum atomic E-state index is -1.97. The number of nitrogens with zero attached hydrogens (tertiary/aromatic N) is 3. The second-order valence-electron chi connectivity index (χ2n) is 19.0. The van der Waals surface area contributed by atoms with Gasteiger partial charge in [0, 0.05) is 105 Å². The van der Waals surface area contributed by atoms with Gasteiger partial charge in [0.1, 0.15) is 22.7 Å². The number of aromatic nitrogens is 1. The molecular weight excluding hydrogens is 865 g/mol. The van der Waals surface area contributed by atoms with E-state index in [1.165, 1.54) is 59.3 Å². The van der Waals surface area contributed by atoms with Crippen molar-refractivity contribution < 1.29 is 53.7 Å². The summed E-state index contributed by atoms with van der Waals surface area (Å²) in [6.45, 7) is 15.8. The van der Waals surface area contributed by atoms with Crippen molar-refractivity contribution in [3.63, 3.8) is 0 Å². The number of methoxy groups -OCH3 is 1. The van der Waals surface area contributed by atoms with Crippen LogP contribution in [0, 0.1) is 30.6 Å². The Morgan fingerprint density at radius 2 is 1.57 bits per heavy atom. The molecule has 3 aliphatic rings. The predicted molar refractivity (Wildman–Crippen MR) is 254 cm³/mol. The van der Waals surface area contributed by atoms with Gasteiger partial charge in [-0.2, -0.15) is 0 Å². The summed E-state index contributed by atoms with van der Waals surface area (Å²) in [6.07, 6.45) is 4.61. The molecule has 1 fully saturated rings. The summed E-state index contributed by atoms with van der Waals surface area (Å²) in [7, 11) is 3.21. The molecule has 6 N–H and O–H groups in total. The summed E-state index contributed by atoms with van der Waals surface area (Å²) in [6, 6.07) is 3.05. The van der Waals surface area contributed by atoms with Gasteiger partial charge in [-0.3, -0.25) is 19.2 Å². The Morgan fingerprint density at radius 1 is 0.925 bits per heavy atom. The maximum absolute atomic E-state index is 14.9. The Labute approximate surface area is 387 Å². The third-order valence-electron chi connectivity index (χ3n) is 14.6. The molecule has 0 spiro atoms. The molecule has 0 radical (unpaired) electrons. The number of aliphatic hydroxyl groups excluding tert-OH is 4. The maximum atomic E-state index is 14.9. The second-order valence-corrected chi connectivity index (χ2v) is 19.0. The normalized spacial score (nSPS) is 30.2. The number of aliphatic hydroxyl groups is 4. The maximum Gasteiger partial charge on any atom is 0.307 e. The van der Waals surface area contributed by atoms with Crippen LogP contribution in [0.15, 0.2) is 62.3 Å². The lowest BCUT2D eigenvalue weighted by molar-refractivity contribution is -0.133. The average molecular weight is 927 g/mol. The van der Waals surface area contributed by atoms with Crippen molar-refractivity contribution in [1.29, 1.82) is 0 Å². The van der Waals surface area contributed by atoms with Gasteiger partial charge >= 0.3 is 5.79 Å². The molecule has 1 saturated heterocycles. The van der Waals surface area contributed by atoms with E-state index in [2.05, 4.69) is 5.32 Å². The lowest BCUT2D eigenvalue weighted by Gasteiger charge is -2.45. The number of anilines is 2. The predicted octanol–water partition coefficient (Wildman–Crippen LogP) is 4.83. The van der Waals surface area contributed by atoms with Crippen LogP contribution in [0.5, 0.6) is 11.5 Å². The van der Waals surface area contributed by atoms with Crippen LogP contribution in [0.25, 0.3) is 38.7 Å². The highest BCUT2D eigenvalue weighted by molar-refractivity contribution is 6.16. The topological polar surface area (TPSA) is 242 Å². The van der Waals surface area contributed by atoms with Gasteiger partial charge in [0.2, 0.25) is 16.8 Å². The molecule has 0 saturated carbocycles. The van der Waals surface area contributed by atoms with Crippen LogP contribution in [0.2, 0.25) is 0 Å².